The van der Waals surface area contributed by atoms with Crippen molar-refractivity contribution in [2.24, 2.45) is 0 Å². The van der Waals surface area contributed by atoms with E-state index >= 15 is 0 Å². The first kappa shape index (κ1) is 21.1. The van der Waals surface area contributed by atoms with Gasteiger partial charge in [0.1, 0.15) is 4.90 Å². The molecular weight excluding hydrogens is 419 g/mol. The standard InChI is InChI=1S/C20H22Cl2N2O3S/c21-17-8-5-15(6-9-17)14-23-20(25)16-7-10-18(22)19(13-16)28(26,27)24-11-3-1-2-4-12-24/h5-10,13H,1-4,11-12,14H2,(H,23,25). The molecule has 0 bridgehead atoms. The first-order valence-corrected chi connectivity index (χ1v) is 11.4. The molecule has 0 radical (unpaired) electrons. The van der Waals surface area contributed by atoms with Gasteiger partial charge in [0.2, 0.25) is 10.0 Å². The number of hydrogen-bond acceptors (Lipinski definition) is 3. The first-order chi connectivity index (χ1) is 13.4. The maximum Gasteiger partial charge on any atom is 0.251 e. The highest BCUT2D eigenvalue weighted by Crippen LogP contribution is 2.27. The molecule has 1 heterocycles. The second-order valence-electron chi connectivity index (χ2n) is 6.77. The van der Waals surface area contributed by atoms with E-state index in [9.17, 15) is 13.2 Å². The van der Waals surface area contributed by atoms with Crippen LogP contribution in [0.15, 0.2) is 47.4 Å². The van der Waals surface area contributed by atoms with E-state index in [0.29, 0.717) is 24.7 Å². The van der Waals surface area contributed by atoms with Crippen molar-refractivity contribution < 1.29 is 13.2 Å². The fourth-order valence-corrected chi connectivity index (χ4v) is 5.29. The molecule has 1 fully saturated rings. The molecule has 0 unspecified atom stereocenters. The molecule has 1 aliphatic heterocycles. The zero-order chi connectivity index (χ0) is 20.1. The van der Waals surface area contributed by atoms with Gasteiger partial charge in [0.05, 0.1) is 5.02 Å². The van der Waals surface area contributed by atoms with E-state index in [4.69, 9.17) is 23.2 Å². The van der Waals surface area contributed by atoms with Crippen LogP contribution in [0, 0.1) is 0 Å². The third-order valence-electron chi connectivity index (χ3n) is 4.74. The Morgan fingerprint density at radius 2 is 1.61 bits per heavy atom. The number of benzene rings is 2. The topological polar surface area (TPSA) is 66.5 Å². The lowest BCUT2D eigenvalue weighted by Crippen LogP contribution is -2.32. The first-order valence-electron chi connectivity index (χ1n) is 9.20. The van der Waals surface area contributed by atoms with Gasteiger partial charge in [-0.25, -0.2) is 8.42 Å². The fraction of sp³-hybridized carbons (Fsp3) is 0.350. The molecule has 1 N–H and O–H groups in total. The van der Waals surface area contributed by atoms with Gasteiger partial charge in [0.25, 0.3) is 5.91 Å². The van der Waals surface area contributed by atoms with Crippen molar-refractivity contribution in [3.8, 4) is 0 Å². The number of nitrogens with one attached hydrogen (secondary N) is 1. The Labute approximate surface area is 175 Å². The van der Waals surface area contributed by atoms with Crippen molar-refractivity contribution in [1.82, 2.24) is 9.62 Å². The number of nitrogens with zero attached hydrogens (tertiary/aromatic N) is 1. The summed E-state index contributed by atoms with van der Waals surface area (Å²) in [5.74, 6) is -0.362. The molecule has 2 aromatic carbocycles. The van der Waals surface area contributed by atoms with Gasteiger partial charge in [0.15, 0.2) is 0 Å². The second-order valence-corrected chi connectivity index (χ2v) is 9.52. The SMILES string of the molecule is O=C(NCc1ccc(Cl)cc1)c1ccc(Cl)c(S(=O)(=O)N2CCCCCC2)c1. The molecule has 28 heavy (non-hydrogen) atoms. The Morgan fingerprint density at radius 1 is 0.964 bits per heavy atom. The van der Waals surface area contributed by atoms with Crippen molar-refractivity contribution in [3.63, 3.8) is 0 Å². The molecule has 0 spiro atoms. The molecule has 0 atom stereocenters. The van der Waals surface area contributed by atoms with E-state index in [2.05, 4.69) is 5.32 Å². The highest BCUT2D eigenvalue weighted by atomic mass is 35.5. The number of carbonyl (C=O) groups excluding carboxylic acids is 1. The van der Waals surface area contributed by atoms with Crippen LogP contribution in [0.1, 0.15) is 41.6 Å². The van der Waals surface area contributed by atoms with Gasteiger partial charge < -0.3 is 5.32 Å². The van der Waals surface area contributed by atoms with Crippen LogP contribution in [-0.2, 0) is 16.6 Å². The van der Waals surface area contributed by atoms with Crippen LogP contribution in [-0.4, -0.2) is 31.7 Å². The van der Waals surface area contributed by atoms with Crippen molar-refractivity contribution in [3.05, 3.63) is 63.6 Å². The van der Waals surface area contributed by atoms with E-state index in [1.165, 1.54) is 22.5 Å². The Kier molecular flexibility index (Phi) is 6.99. The lowest BCUT2D eigenvalue weighted by Gasteiger charge is -2.21. The maximum absolute atomic E-state index is 13.0. The van der Waals surface area contributed by atoms with Gasteiger partial charge in [-0.05, 0) is 48.7 Å². The summed E-state index contributed by atoms with van der Waals surface area (Å²) in [6, 6.07) is 11.5. The zero-order valence-electron chi connectivity index (χ0n) is 15.3. The molecule has 0 aliphatic carbocycles. The number of hydrogen-bond donors (Lipinski definition) is 1. The molecule has 2 aromatic rings. The average molecular weight is 441 g/mol. The normalized spacial score (nSPS) is 15.8. The van der Waals surface area contributed by atoms with Crippen molar-refractivity contribution in [2.75, 3.05) is 13.1 Å². The summed E-state index contributed by atoms with van der Waals surface area (Å²) >= 11 is 12.0. The molecular formula is C20H22Cl2N2O3S. The summed E-state index contributed by atoms with van der Waals surface area (Å²) in [4.78, 5) is 12.5. The number of sulfonamides is 1. The summed E-state index contributed by atoms with van der Waals surface area (Å²) < 4.78 is 27.6. The Bertz CT molecular complexity index is 938. The molecule has 3 rings (SSSR count). The largest absolute Gasteiger partial charge is 0.348 e. The number of carbonyl (C=O) groups is 1. The number of amides is 1. The minimum Gasteiger partial charge on any atom is -0.348 e. The smallest absolute Gasteiger partial charge is 0.251 e. The van der Waals surface area contributed by atoms with Crippen molar-refractivity contribution in [1.29, 1.82) is 0 Å². The predicted octanol–water partition coefficient (Wildman–Crippen LogP) is 4.49. The van der Waals surface area contributed by atoms with Crippen LogP contribution >= 0.6 is 23.2 Å². The number of rotatable bonds is 5. The minimum atomic E-state index is -3.74. The molecule has 0 aromatic heterocycles. The average Bonchev–Trinajstić information content (AvgIpc) is 2.97. The lowest BCUT2D eigenvalue weighted by molar-refractivity contribution is 0.0950. The minimum absolute atomic E-state index is 0.0183. The Morgan fingerprint density at radius 3 is 2.25 bits per heavy atom. The monoisotopic (exact) mass is 440 g/mol. The highest BCUT2D eigenvalue weighted by Gasteiger charge is 2.28. The van der Waals surface area contributed by atoms with Gasteiger partial charge in [-0.15, -0.1) is 0 Å². The second kappa shape index (κ2) is 9.27. The molecule has 0 saturated carbocycles. The van der Waals surface area contributed by atoms with E-state index in [1.54, 1.807) is 12.1 Å². The van der Waals surface area contributed by atoms with Crippen LogP contribution < -0.4 is 5.32 Å². The quantitative estimate of drug-likeness (QED) is 0.744. The summed E-state index contributed by atoms with van der Waals surface area (Å²) in [6.45, 7) is 1.27. The van der Waals surface area contributed by atoms with Gasteiger partial charge in [-0.3, -0.25) is 4.79 Å². The third-order valence-corrected chi connectivity index (χ3v) is 7.37. The Balaban J connectivity index is 1.78. The summed E-state index contributed by atoms with van der Waals surface area (Å²) in [5.41, 5.74) is 1.15. The van der Waals surface area contributed by atoms with Crippen LogP contribution in [0.3, 0.4) is 0 Å². The number of halogens is 2. The summed E-state index contributed by atoms with van der Waals surface area (Å²) in [6.07, 6.45) is 3.70. The molecule has 8 heteroatoms. The van der Waals surface area contributed by atoms with Crippen LogP contribution in [0.25, 0.3) is 0 Å². The van der Waals surface area contributed by atoms with Gasteiger partial charge in [-0.1, -0.05) is 48.2 Å². The summed E-state index contributed by atoms with van der Waals surface area (Å²) in [5, 5.41) is 3.53. The van der Waals surface area contributed by atoms with Crippen molar-refractivity contribution in [2.45, 2.75) is 37.1 Å². The molecule has 5 nitrogen and oxygen atoms in total. The van der Waals surface area contributed by atoms with Gasteiger partial charge in [0, 0.05) is 30.2 Å². The van der Waals surface area contributed by atoms with E-state index in [0.717, 1.165) is 31.2 Å². The Hall–Kier alpha value is -1.60. The third kappa shape index (κ3) is 5.06. The maximum atomic E-state index is 13.0. The molecule has 1 saturated heterocycles. The van der Waals surface area contributed by atoms with Crippen LogP contribution in [0.2, 0.25) is 10.0 Å². The summed E-state index contributed by atoms with van der Waals surface area (Å²) in [7, 11) is -3.74. The van der Waals surface area contributed by atoms with E-state index in [1.807, 2.05) is 12.1 Å². The van der Waals surface area contributed by atoms with Gasteiger partial charge >= 0.3 is 0 Å². The highest BCUT2D eigenvalue weighted by molar-refractivity contribution is 7.89. The lowest BCUT2D eigenvalue weighted by atomic mass is 10.2. The zero-order valence-corrected chi connectivity index (χ0v) is 17.7. The van der Waals surface area contributed by atoms with E-state index < -0.39 is 10.0 Å². The molecule has 150 valence electrons. The molecule has 1 aliphatic rings. The molecule has 1 amide bonds. The van der Waals surface area contributed by atoms with Crippen LogP contribution in [0.4, 0.5) is 0 Å². The predicted molar refractivity (Wildman–Crippen MR) is 111 cm³/mol. The van der Waals surface area contributed by atoms with Crippen molar-refractivity contribution >= 4 is 39.1 Å². The van der Waals surface area contributed by atoms with Crippen LogP contribution in [0.5, 0.6) is 0 Å². The van der Waals surface area contributed by atoms with E-state index in [-0.39, 0.29) is 21.4 Å². The fourth-order valence-electron chi connectivity index (χ4n) is 3.15. The van der Waals surface area contributed by atoms with Gasteiger partial charge in [-0.2, -0.15) is 4.31 Å².